The first-order valence-corrected chi connectivity index (χ1v) is 12.7. The maximum absolute atomic E-state index is 14.6. The molecule has 0 radical (unpaired) electrons. The first-order chi connectivity index (χ1) is 16.7. The molecule has 2 fully saturated rings. The third kappa shape index (κ3) is 5.91. The van der Waals surface area contributed by atoms with Crippen molar-refractivity contribution >= 4 is 23.8 Å². The number of ether oxygens (including phenoxy) is 1. The SMILES string of the molecule is CSNC(=O)c1cc(C2CC2)c(OCC2CCN(C(=O)c3ccccc3C(F)(F)F)CC2)cc1F. The van der Waals surface area contributed by atoms with Crippen LogP contribution in [0.4, 0.5) is 17.6 Å². The summed E-state index contributed by atoms with van der Waals surface area (Å²) in [5.41, 5.74) is -0.474. The number of benzene rings is 2. The standard InChI is InChI=1S/C25H26F4N2O3S/c1-35-30-23(32)19-12-18(16-6-7-16)22(13-21(19)26)34-14-15-8-10-31(11-9-15)24(33)17-4-2-3-5-20(17)25(27,28)29/h2-5,12-13,15-16H,6-11,14H2,1H3,(H,30,32). The molecule has 0 atom stereocenters. The van der Waals surface area contributed by atoms with E-state index < -0.39 is 29.4 Å². The fourth-order valence-corrected chi connectivity index (χ4v) is 4.62. The lowest BCUT2D eigenvalue weighted by molar-refractivity contribution is -0.138. The van der Waals surface area contributed by atoms with Crippen molar-refractivity contribution in [3.63, 3.8) is 0 Å². The summed E-state index contributed by atoms with van der Waals surface area (Å²) < 4.78 is 63.0. The molecule has 35 heavy (non-hydrogen) atoms. The molecule has 1 saturated heterocycles. The van der Waals surface area contributed by atoms with Crippen molar-refractivity contribution in [2.75, 3.05) is 26.0 Å². The van der Waals surface area contributed by atoms with Crippen LogP contribution in [-0.2, 0) is 6.18 Å². The molecule has 1 heterocycles. The summed E-state index contributed by atoms with van der Waals surface area (Å²) in [6.07, 6.45) is 0.114. The highest BCUT2D eigenvalue weighted by molar-refractivity contribution is 7.97. The summed E-state index contributed by atoms with van der Waals surface area (Å²) in [6, 6.07) is 7.64. The molecule has 2 amide bonds. The van der Waals surface area contributed by atoms with Crippen LogP contribution in [0.5, 0.6) is 5.75 Å². The summed E-state index contributed by atoms with van der Waals surface area (Å²) >= 11 is 1.10. The Kier molecular flexibility index (Phi) is 7.59. The lowest BCUT2D eigenvalue weighted by Crippen LogP contribution is -2.40. The van der Waals surface area contributed by atoms with E-state index in [9.17, 15) is 27.2 Å². The lowest BCUT2D eigenvalue weighted by Gasteiger charge is -2.32. The molecule has 1 aliphatic heterocycles. The molecule has 2 aromatic rings. The average molecular weight is 511 g/mol. The van der Waals surface area contributed by atoms with Crippen LogP contribution in [0.3, 0.4) is 0 Å². The number of piperidine rings is 1. The number of nitrogens with one attached hydrogen (secondary N) is 1. The Morgan fingerprint density at radius 1 is 1.09 bits per heavy atom. The van der Waals surface area contributed by atoms with Gasteiger partial charge in [0.1, 0.15) is 11.6 Å². The van der Waals surface area contributed by atoms with Gasteiger partial charge in [-0.2, -0.15) is 13.2 Å². The second-order valence-electron chi connectivity index (χ2n) is 8.87. The third-order valence-corrected chi connectivity index (χ3v) is 6.78. The number of amides is 2. The van der Waals surface area contributed by atoms with Gasteiger partial charge in [-0.05, 0) is 61.3 Å². The fraction of sp³-hybridized carbons (Fsp3) is 0.440. The van der Waals surface area contributed by atoms with E-state index in [0.29, 0.717) is 38.3 Å². The van der Waals surface area contributed by atoms with Crippen molar-refractivity contribution in [3.8, 4) is 5.75 Å². The molecule has 10 heteroatoms. The predicted octanol–water partition coefficient (Wildman–Crippen LogP) is 5.66. The van der Waals surface area contributed by atoms with Gasteiger partial charge in [-0.1, -0.05) is 24.1 Å². The van der Waals surface area contributed by atoms with Crippen LogP contribution in [0, 0.1) is 11.7 Å². The van der Waals surface area contributed by atoms with E-state index in [2.05, 4.69) is 4.72 Å². The zero-order valence-electron chi connectivity index (χ0n) is 19.2. The van der Waals surface area contributed by atoms with Crippen molar-refractivity contribution in [3.05, 3.63) is 64.5 Å². The van der Waals surface area contributed by atoms with Gasteiger partial charge in [0.25, 0.3) is 11.8 Å². The van der Waals surface area contributed by atoms with Crippen LogP contribution in [0.1, 0.15) is 63.4 Å². The summed E-state index contributed by atoms with van der Waals surface area (Å²) in [5.74, 6) is -1.05. The number of halogens is 4. The maximum atomic E-state index is 14.6. The first kappa shape index (κ1) is 25.3. The zero-order valence-corrected chi connectivity index (χ0v) is 20.0. The number of hydrogen-bond acceptors (Lipinski definition) is 4. The smallest absolute Gasteiger partial charge is 0.417 e. The van der Waals surface area contributed by atoms with Gasteiger partial charge in [0, 0.05) is 25.4 Å². The van der Waals surface area contributed by atoms with Crippen molar-refractivity contribution in [1.82, 2.24) is 9.62 Å². The highest BCUT2D eigenvalue weighted by Crippen LogP contribution is 2.45. The van der Waals surface area contributed by atoms with E-state index in [0.717, 1.165) is 36.4 Å². The Hall–Kier alpha value is -2.75. The number of likely N-dealkylation sites (tertiary alicyclic amines) is 1. The molecule has 2 aliphatic rings. The largest absolute Gasteiger partial charge is 0.493 e. The third-order valence-electron chi connectivity index (χ3n) is 6.40. The lowest BCUT2D eigenvalue weighted by atomic mass is 9.96. The second-order valence-corrected chi connectivity index (χ2v) is 9.48. The molecule has 1 saturated carbocycles. The molecule has 4 rings (SSSR count). The number of alkyl halides is 3. The van der Waals surface area contributed by atoms with Gasteiger partial charge in [-0.3, -0.25) is 14.3 Å². The molecule has 0 bridgehead atoms. The molecule has 0 spiro atoms. The van der Waals surface area contributed by atoms with Crippen molar-refractivity contribution in [2.45, 2.75) is 37.8 Å². The Morgan fingerprint density at radius 2 is 1.77 bits per heavy atom. The van der Waals surface area contributed by atoms with E-state index in [1.54, 1.807) is 12.3 Å². The fourth-order valence-electron chi connectivity index (χ4n) is 4.33. The Balaban J connectivity index is 1.38. The minimum Gasteiger partial charge on any atom is -0.493 e. The summed E-state index contributed by atoms with van der Waals surface area (Å²) in [5, 5.41) is 0. The Labute approximate surface area is 205 Å². The van der Waals surface area contributed by atoms with E-state index in [-0.39, 0.29) is 23.0 Å². The molecular formula is C25H26F4N2O3S. The number of rotatable bonds is 7. The Bertz CT molecular complexity index is 1100. The Morgan fingerprint density at radius 3 is 2.40 bits per heavy atom. The van der Waals surface area contributed by atoms with Gasteiger partial charge < -0.3 is 9.64 Å². The van der Waals surface area contributed by atoms with Crippen LogP contribution < -0.4 is 9.46 Å². The minimum atomic E-state index is -4.60. The van der Waals surface area contributed by atoms with Gasteiger partial charge in [0.05, 0.1) is 23.3 Å². The molecule has 1 aliphatic carbocycles. The number of carbonyl (C=O) groups is 2. The van der Waals surface area contributed by atoms with Gasteiger partial charge in [0.15, 0.2) is 0 Å². The van der Waals surface area contributed by atoms with Gasteiger partial charge >= 0.3 is 6.18 Å². The van der Waals surface area contributed by atoms with E-state index >= 15 is 0 Å². The van der Waals surface area contributed by atoms with Crippen molar-refractivity contribution in [1.29, 1.82) is 0 Å². The summed E-state index contributed by atoms with van der Waals surface area (Å²) in [4.78, 5) is 26.3. The maximum Gasteiger partial charge on any atom is 0.417 e. The monoisotopic (exact) mass is 510 g/mol. The van der Waals surface area contributed by atoms with Gasteiger partial charge in [-0.15, -0.1) is 0 Å². The molecule has 188 valence electrons. The number of nitrogens with zero attached hydrogens (tertiary/aromatic N) is 1. The quantitative estimate of drug-likeness (QED) is 0.386. The normalized spacial score (nSPS) is 16.8. The summed E-state index contributed by atoms with van der Waals surface area (Å²) in [7, 11) is 0. The van der Waals surface area contributed by atoms with Gasteiger partial charge in [-0.25, -0.2) is 4.39 Å². The molecule has 0 aromatic heterocycles. The highest BCUT2D eigenvalue weighted by atomic mass is 32.2. The molecular weight excluding hydrogens is 484 g/mol. The molecule has 0 unspecified atom stereocenters. The molecule has 1 N–H and O–H groups in total. The zero-order chi connectivity index (χ0) is 25.2. The topological polar surface area (TPSA) is 58.6 Å². The molecule has 2 aromatic carbocycles. The summed E-state index contributed by atoms with van der Waals surface area (Å²) in [6.45, 7) is 0.935. The van der Waals surface area contributed by atoms with Gasteiger partial charge in [0.2, 0.25) is 0 Å². The van der Waals surface area contributed by atoms with E-state index in [1.165, 1.54) is 29.2 Å². The first-order valence-electron chi connectivity index (χ1n) is 11.4. The average Bonchev–Trinajstić information content (AvgIpc) is 3.67. The second kappa shape index (κ2) is 10.5. The van der Waals surface area contributed by atoms with Crippen LogP contribution in [0.2, 0.25) is 0 Å². The van der Waals surface area contributed by atoms with E-state index in [4.69, 9.17) is 4.74 Å². The van der Waals surface area contributed by atoms with Crippen LogP contribution >= 0.6 is 11.9 Å². The van der Waals surface area contributed by atoms with Crippen molar-refractivity contribution < 1.29 is 31.9 Å². The molecule has 5 nitrogen and oxygen atoms in total. The minimum absolute atomic E-state index is 0.0143. The van der Waals surface area contributed by atoms with E-state index in [1.807, 2.05) is 0 Å². The highest BCUT2D eigenvalue weighted by Gasteiger charge is 2.36. The van der Waals surface area contributed by atoms with Crippen LogP contribution in [0.15, 0.2) is 36.4 Å². The number of carbonyl (C=O) groups excluding carboxylic acids is 2. The van der Waals surface area contributed by atoms with Crippen molar-refractivity contribution in [2.24, 2.45) is 5.92 Å². The van der Waals surface area contributed by atoms with Crippen LogP contribution in [0.25, 0.3) is 0 Å². The van der Waals surface area contributed by atoms with Crippen LogP contribution in [-0.4, -0.2) is 42.7 Å². The number of hydrogen-bond donors (Lipinski definition) is 1. The predicted molar refractivity (Wildman–Crippen MR) is 125 cm³/mol.